The first-order valence-electron chi connectivity index (χ1n) is 8.63. The molecular formula is C18H17FN6O4S. The summed E-state index contributed by atoms with van der Waals surface area (Å²) in [5.41, 5.74) is -0.222. The summed E-state index contributed by atoms with van der Waals surface area (Å²) in [6, 6.07) is 6.12. The first-order valence-corrected chi connectivity index (χ1v) is 10.1. The van der Waals surface area contributed by atoms with Gasteiger partial charge in [0.2, 0.25) is 5.95 Å². The third kappa shape index (κ3) is 3.99. The van der Waals surface area contributed by atoms with Crippen molar-refractivity contribution >= 4 is 32.5 Å². The number of nitrogens with one attached hydrogen (secondary N) is 2. The van der Waals surface area contributed by atoms with E-state index in [1.54, 1.807) is 12.1 Å². The van der Waals surface area contributed by atoms with Crippen molar-refractivity contribution in [2.75, 3.05) is 11.9 Å². The van der Waals surface area contributed by atoms with Crippen LogP contribution < -0.4 is 10.0 Å². The van der Waals surface area contributed by atoms with Gasteiger partial charge in [-0.1, -0.05) is 0 Å². The molecule has 0 aliphatic heterocycles. The maximum Gasteiger partial charge on any atom is 0.273 e. The molecule has 0 aliphatic rings. The van der Waals surface area contributed by atoms with Crippen molar-refractivity contribution in [1.29, 1.82) is 5.26 Å². The molecule has 0 aliphatic carbocycles. The van der Waals surface area contributed by atoms with Crippen LogP contribution >= 0.6 is 0 Å². The number of hydrogen-bond donors (Lipinski definition) is 3. The van der Waals surface area contributed by atoms with Crippen LogP contribution in [0.15, 0.2) is 35.5 Å². The highest BCUT2D eigenvalue weighted by atomic mass is 32.2. The van der Waals surface area contributed by atoms with Crippen molar-refractivity contribution in [2.45, 2.75) is 18.0 Å². The molecule has 0 saturated carbocycles. The number of aromatic nitrogens is 3. The van der Waals surface area contributed by atoms with Gasteiger partial charge in [-0.25, -0.2) is 18.1 Å². The van der Waals surface area contributed by atoms with Gasteiger partial charge in [0, 0.05) is 36.4 Å². The first kappa shape index (κ1) is 21.3. The molecule has 0 fully saturated rings. The van der Waals surface area contributed by atoms with Gasteiger partial charge in [0.05, 0.1) is 6.61 Å². The zero-order valence-electron chi connectivity index (χ0n) is 15.9. The average Bonchev–Trinajstić information content (AvgIpc) is 2.99. The number of carbonyl (C=O) groups excluding carboxylic acids is 1. The smallest absolute Gasteiger partial charge is 0.273 e. The Morgan fingerprint density at radius 1 is 1.43 bits per heavy atom. The molecule has 10 nitrogen and oxygen atoms in total. The number of anilines is 1. The largest absolute Gasteiger partial charge is 0.395 e. The van der Waals surface area contributed by atoms with Crippen LogP contribution in [-0.4, -0.2) is 46.6 Å². The number of amides is 1. The Morgan fingerprint density at radius 3 is 2.83 bits per heavy atom. The second-order valence-electron chi connectivity index (χ2n) is 6.45. The summed E-state index contributed by atoms with van der Waals surface area (Å²) >= 11 is 0. The summed E-state index contributed by atoms with van der Waals surface area (Å²) in [5, 5.41) is 20.5. The zero-order chi connectivity index (χ0) is 22.1. The second-order valence-corrected chi connectivity index (χ2v) is 8.08. The molecule has 3 heterocycles. The Bertz CT molecular complexity index is 1280. The molecule has 0 saturated heterocycles. The standard InChI is InChI=1S/C18H17FN6O4S/c1-10(9-26)24-30(28,29)18-15-13(4-3-5-21-15)16(25(18)2)17(27)23-11-6-12(8-20)22-14(19)7-11/h3-7,10,24,26H,9H2,1-2H3,(H,22,23,27). The molecule has 3 aromatic heterocycles. The van der Waals surface area contributed by atoms with Crippen molar-refractivity contribution in [3.63, 3.8) is 0 Å². The summed E-state index contributed by atoms with van der Waals surface area (Å²) < 4.78 is 42.7. The van der Waals surface area contributed by atoms with Gasteiger partial charge in [0.25, 0.3) is 15.9 Å². The number of aliphatic hydroxyl groups excluding tert-OH is 1. The highest BCUT2D eigenvalue weighted by Crippen LogP contribution is 2.28. The zero-order valence-corrected chi connectivity index (χ0v) is 16.7. The van der Waals surface area contributed by atoms with Crippen LogP contribution in [0.1, 0.15) is 23.1 Å². The Hall–Kier alpha value is -3.40. The first-order chi connectivity index (χ1) is 14.2. The monoisotopic (exact) mass is 432 g/mol. The summed E-state index contributed by atoms with van der Waals surface area (Å²) in [6.45, 7) is 1.06. The minimum atomic E-state index is -4.13. The molecule has 1 unspecified atom stereocenters. The Morgan fingerprint density at radius 2 is 2.17 bits per heavy atom. The lowest BCUT2D eigenvalue weighted by Gasteiger charge is -2.13. The predicted molar refractivity (Wildman–Crippen MR) is 104 cm³/mol. The van der Waals surface area contributed by atoms with E-state index in [9.17, 15) is 22.7 Å². The minimum absolute atomic E-state index is 0.0151. The molecule has 156 valence electrons. The number of aliphatic hydroxyl groups is 1. The fourth-order valence-corrected chi connectivity index (χ4v) is 4.55. The number of nitrogens with zero attached hydrogens (tertiary/aromatic N) is 4. The van der Waals surface area contributed by atoms with Crippen LogP contribution in [0.25, 0.3) is 10.9 Å². The Balaban J connectivity index is 2.12. The average molecular weight is 432 g/mol. The predicted octanol–water partition coefficient (Wildman–Crippen LogP) is 0.890. The number of nitriles is 1. The highest BCUT2D eigenvalue weighted by Gasteiger charge is 2.30. The highest BCUT2D eigenvalue weighted by molar-refractivity contribution is 7.89. The normalized spacial score (nSPS) is 12.5. The van der Waals surface area contributed by atoms with Gasteiger partial charge in [-0.15, -0.1) is 0 Å². The van der Waals surface area contributed by atoms with E-state index in [2.05, 4.69) is 20.0 Å². The summed E-state index contributed by atoms with van der Waals surface area (Å²) in [6.07, 6.45) is 1.38. The van der Waals surface area contributed by atoms with E-state index in [1.165, 1.54) is 32.3 Å². The van der Waals surface area contributed by atoms with Crippen LogP contribution in [0, 0.1) is 17.3 Å². The Labute approximate surface area is 171 Å². The molecule has 3 N–H and O–H groups in total. The van der Waals surface area contributed by atoms with E-state index in [0.29, 0.717) is 0 Å². The van der Waals surface area contributed by atoms with E-state index in [1.807, 2.05) is 0 Å². The molecule has 12 heteroatoms. The number of carbonyl (C=O) groups is 1. The lowest BCUT2D eigenvalue weighted by molar-refractivity contribution is 0.102. The number of hydrogen-bond acceptors (Lipinski definition) is 7. The van der Waals surface area contributed by atoms with Crippen LogP contribution in [0.2, 0.25) is 0 Å². The van der Waals surface area contributed by atoms with E-state index < -0.39 is 34.5 Å². The molecule has 30 heavy (non-hydrogen) atoms. The van der Waals surface area contributed by atoms with Crippen molar-refractivity contribution in [3.05, 3.63) is 47.8 Å². The molecule has 1 amide bonds. The fourth-order valence-electron chi connectivity index (χ4n) is 2.96. The van der Waals surface area contributed by atoms with E-state index in [4.69, 9.17) is 5.26 Å². The van der Waals surface area contributed by atoms with Crippen LogP contribution in [0.3, 0.4) is 0 Å². The van der Waals surface area contributed by atoms with Crippen LogP contribution in [0.4, 0.5) is 10.1 Å². The Kier molecular flexibility index (Phi) is 5.79. The number of fused-ring (bicyclic) bond motifs is 1. The van der Waals surface area contributed by atoms with Crippen molar-refractivity contribution in [1.82, 2.24) is 19.3 Å². The molecule has 0 bridgehead atoms. The lowest BCUT2D eigenvalue weighted by atomic mass is 10.2. The fraction of sp³-hybridized carbons (Fsp3) is 0.222. The number of halogens is 1. The summed E-state index contributed by atoms with van der Waals surface area (Å²) in [5.74, 6) is -1.69. The van der Waals surface area contributed by atoms with Crippen molar-refractivity contribution in [2.24, 2.45) is 7.05 Å². The summed E-state index contributed by atoms with van der Waals surface area (Å²) in [4.78, 5) is 20.4. The second kappa shape index (κ2) is 8.15. The maximum absolute atomic E-state index is 13.6. The van der Waals surface area contributed by atoms with Gasteiger partial charge >= 0.3 is 0 Å². The van der Waals surface area contributed by atoms with E-state index in [-0.39, 0.29) is 33.0 Å². The molecule has 0 spiro atoms. The van der Waals surface area contributed by atoms with Crippen molar-refractivity contribution in [3.8, 4) is 6.07 Å². The summed E-state index contributed by atoms with van der Waals surface area (Å²) in [7, 11) is -2.76. The number of pyridine rings is 2. The molecular weight excluding hydrogens is 415 g/mol. The van der Waals surface area contributed by atoms with Gasteiger partial charge < -0.3 is 15.0 Å². The van der Waals surface area contributed by atoms with Gasteiger partial charge in [0.15, 0.2) is 5.03 Å². The van der Waals surface area contributed by atoms with E-state index in [0.717, 1.165) is 10.6 Å². The quantitative estimate of drug-likeness (QED) is 0.490. The SMILES string of the molecule is CC(CO)NS(=O)(=O)c1c2ncccc2c(C(=O)Nc2cc(F)nc(C#N)c2)n1C. The van der Waals surface area contributed by atoms with Gasteiger partial charge in [-0.05, 0) is 25.1 Å². The molecule has 0 radical (unpaired) electrons. The third-order valence-electron chi connectivity index (χ3n) is 4.17. The minimum Gasteiger partial charge on any atom is -0.395 e. The number of rotatable bonds is 6. The maximum atomic E-state index is 13.6. The molecule has 3 aromatic rings. The van der Waals surface area contributed by atoms with Gasteiger partial charge in [-0.2, -0.15) is 9.65 Å². The number of sulfonamides is 1. The van der Waals surface area contributed by atoms with Crippen LogP contribution in [-0.2, 0) is 17.1 Å². The van der Waals surface area contributed by atoms with Crippen molar-refractivity contribution < 1.29 is 22.7 Å². The van der Waals surface area contributed by atoms with Gasteiger partial charge in [-0.3, -0.25) is 9.78 Å². The molecule has 0 aromatic carbocycles. The topological polar surface area (TPSA) is 150 Å². The van der Waals surface area contributed by atoms with E-state index >= 15 is 0 Å². The molecule has 1 atom stereocenters. The third-order valence-corrected chi connectivity index (χ3v) is 5.86. The molecule has 3 rings (SSSR count). The van der Waals surface area contributed by atoms with Crippen LogP contribution in [0.5, 0.6) is 0 Å². The lowest BCUT2D eigenvalue weighted by Crippen LogP contribution is -2.36. The van der Waals surface area contributed by atoms with Gasteiger partial charge in [0.1, 0.15) is 23.0 Å².